The molecule has 3 heterocycles. The Hall–Kier alpha value is -2.31. The van der Waals surface area contributed by atoms with Crippen molar-refractivity contribution in [2.75, 3.05) is 0 Å². The van der Waals surface area contributed by atoms with Crippen LogP contribution in [0.5, 0.6) is 0 Å². The van der Waals surface area contributed by atoms with E-state index in [1.165, 1.54) is 0 Å². The van der Waals surface area contributed by atoms with E-state index in [-0.39, 0.29) is 5.78 Å². The van der Waals surface area contributed by atoms with Gasteiger partial charge in [0.2, 0.25) is 5.65 Å². The van der Waals surface area contributed by atoms with Crippen LogP contribution >= 0.6 is 0 Å². The Bertz CT molecular complexity index is 661. The van der Waals surface area contributed by atoms with Crippen molar-refractivity contribution >= 4 is 16.9 Å². The molecule has 0 bridgehead atoms. The third-order valence-electron chi connectivity index (χ3n) is 2.17. The minimum absolute atomic E-state index is 0.258. The monoisotopic (exact) mass is 202 g/mol. The van der Waals surface area contributed by atoms with E-state index in [2.05, 4.69) is 20.3 Å². The number of nitrogens with zero attached hydrogens (tertiary/aromatic N) is 6. The first-order chi connectivity index (χ1) is 7.27. The van der Waals surface area contributed by atoms with Gasteiger partial charge in [0.1, 0.15) is 5.82 Å². The van der Waals surface area contributed by atoms with E-state index in [1.807, 2.05) is 0 Å². The van der Waals surface area contributed by atoms with Gasteiger partial charge in [-0.15, -0.1) is 10.2 Å². The highest BCUT2D eigenvalue weighted by molar-refractivity contribution is 5.68. The number of hydrogen-bond acceptors (Lipinski definition) is 5. The number of hydrogen-bond donors (Lipinski definition) is 0. The maximum atomic E-state index is 11.5. The van der Waals surface area contributed by atoms with E-state index < -0.39 is 0 Å². The molecule has 74 valence electrons. The molecule has 7 nitrogen and oxygen atoms in total. The summed E-state index contributed by atoms with van der Waals surface area (Å²) in [5.41, 5.74) is 0.910. The summed E-state index contributed by atoms with van der Waals surface area (Å²) in [7, 11) is 0. The van der Waals surface area contributed by atoms with Crippen LogP contribution in [0, 0.1) is 12.1 Å². The molecule has 3 aromatic rings. The smallest absolute Gasteiger partial charge is 0.322 e. The molecule has 0 aliphatic carbocycles. The zero-order chi connectivity index (χ0) is 10.4. The van der Waals surface area contributed by atoms with Crippen molar-refractivity contribution < 1.29 is 4.85 Å². The van der Waals surface area contributed by atoms with Crippen LogP contribution in [0.3, 0.4) is 0 Å². The molecule has 3 aromatic heterocycles. The fraction of sp³-hybridized carbons (Fsp3) is 0.125. The Morgan fingerprint density at radius 3 is 3.13 bits per heavy atom. The highest BCUT2D eigenvalue weighted by atomic mass is 16.5. The van der Waals surface area contributed by atoms with Crippen LogP contribution < -0.4 is 4.85 Å². The molecule has 0 amide bonds. The molecule has 0 aliphatic rings. The Morgan fingerprint density at radius 2 is 2.27 bits per heavy atom. The van der Waals surface area contributed by atoms with Gasteiger partial charge in [-0.05, 0) is 17.8 Å². The lowest BCUT2D eigenvalue weighted by molar-refractivity contribution is -0.640. The summed E-state index contributed by atoms with van der Waals surface area (Å²) in [4.78, 5) is 4.63. The zero-order valence-corrected chi connectivity index (χ0v) is 7.82. The standard InChI is InChI=1S/C8H6N6O/c1-5-10-11-8-12-14(15)6-3-2-4-9-7(6)13(5)8/h2-4H,1H3. The molecule has 0 aromatic carbocycles. The lowest BCUT2D eigenvalue weighted by atomic mass is 10.4. The zero-order valence-electron chi connectivity index (χ0n) is 7.82. The van der Waals surface area contributed by atoms with Crippen LogP contribution in [0.4, 0.5) is 0 Å². The van der Waals surface area contributed by atoms with Gasteiger partial charge in [-0.3, -0.25) is 0 Å². The number of rotatable bonds is 0. The first-order valence-electron chi connectivity index (χ1n) is 4.33. The van der Waals surface area contributed by atoms with Gasteiger partial charge in [0.05, 0.1) is 5.10 Å². The van der Waals surface area contributed by atoms with Gasteiger partial charge in [0.25, 0.3) is 5.52 Å². The van der Waals surface area contributed by atoms with Crippen molar-refractivity contribution in [3.8, 4) is 0 Å². The third-order valence-corrected chi connectivity index (χ3v) is 2.17. The van der Waals surface area contributed by atoms with Gasteiger partial charge in [0.15, 0.2) is 0 Å². The summed E-state index contributed by atoms with van der Waals surface area (Å²) < 4.78 is 1.64. The number of fused-ring (bicyclic) bond motifs is 3. The Balaban J connectivity index is 2.67. The summed E-state index contributed by atoms with van der Waals surface area (Å²) in [6, 6.07) is 3.34. The number of aryl methyl sites for hydroxylation is 1. The van der Waals surface area contributed by atoms with Crippen molar-refractivity contribution in [2.45, 2.75) is 6.92 Å². The molecule has 0 radical (unpaired) electrons. The second kappa shape index (κ2) is 2.59. The fourth-order valence-electron chi connectivity index (χ4n) is 1.51. The molecule has 0 N–H and O–H groups in total. The lowest BCUT2D eigenvalue weighted by Gasteiger charge is -1.99. The van der Waals surface area contributed by atoms with E-state index in [0.29, 0.717) is 21.8 Å². The molecule has 0 saturated heterocycles. The van der Waals surface area contributed by atoms with Crippen molar-refractivity contribution in [2.24, 2.45) is 0 Å². The van der Waals surface area contributed by atoms with E-state index in [1.54, 1.807) is 29.7 Å². The summed E-state index contributed by atoms with van der Waals surface area (Å²) in [6.45, 7) is 1.78. The lowest BCUT2D eigenvalue weighted by Crippen LogP contribution is -2.33. The second-order valence-electron chi connectivity index (χ2n) is 3.10. The maximum Gasteiger partial charge on any atom is 0.322 e. The predicted molar refractivity (Wildman–Crippen MR) is 49.8 cm³/mol. The summed E-state index contributed by atoms with van der Waals surface area (Å²) in [5.74, 6) is 0.913. The van der Waals surface area contributed by atoms with E-state index in [4.69, 9.17) is 0 Å². The van der Waals surface area contributed by atoms with Crippen molar-refractivity contribution in [3.63, 3.8) is 0 Å². The van der Waals surface area contributed by atoms with Gasteiger partial charge < -0.3 is 5.21 Å². The molecule has 3 rings (SSSR count). The molecule has 0 spiro atoms. The van der Waals surface area contributed by atoms with Gasteiger partial charge in [-0.25, -0.2) is 9.38 Å². The molecule has 0 unspecified atom stereocenters. The molecule has 0 saturated carbocycles. The highest BCUT2D eigenvalue weighted by Gasteiger charge is 2.14. The average Bonchev–Trinajstić information content (AvgIpc) is 2.61. The maximum absolute atomic E-state index is 11.5. The predicted octanol–water partition coefficient (Wildman–Crippen LogP) is -0.386. The minimum Gasteiger partial charge on any atom is -0.594 e. The highest BCUT2D eigenvalue weighted by Crippen LogP contribution is 2.08. The Morgan fingerprint density at radius 1 is 1.40 bits per heavy atom. The fourth-order valence-corrected chi connectivity index (χ4v) is 1.51. The molecule has 0 aliphatic heterocycles. The molecular weight excluding hydrogens is 196 g/mol. The SMILES string of the molecule is Cc1nnc2n[n+]([O-])c3cccnc3n12. The van der Waals surface area contributed by atoms with Gasteiger partial charge in [-0.1, -0.05) is 0 Å². The minimum atomic E-state index is 0.258. The molecule has 0 atom stereocenters. The van der Waals surface area contributed by atoms with Crippen molar-refractivity contribution in [1.29, 1.82) is 0 Å². The van der Waals surface area contributed by atoms with Crippen LogP contribution in [0.1, 0.15) is 5.82 Å². The normalized spacial score (nSPS) is 11.3. The van der Waals surface area contributed by atoms with Crippen LogP contribution in [-0.4, -0.2) is 24.7 Å². The third kappa shape index (κ3) is 0.967. The first-order valence-corrected chi connectivity index (χ1v) is 4.33. The van der Waals surface area contributed by atoms with Crippen molar-refractivity contribution in [1.82, 2.24) is 24.7 Å². The van der Waals surface area contributed by atoms with Gasteiger partial charge in [-0.2, -0.15) is 0 Å². The Labute approximate surface area is 83.6 Å². The van der Waals surface area contributed by atoms with Crippen LogP contribution in [0.2, 0.25) is 0 Å². The molecule has 7 heteroatoms. The van der Waals surface area contributed by atoms with E-state index >= 15 is 0 Å². The van der Waals surface area contributed by atoms with E-state index in [9.17, 15) is 5.21 Å². The summed E-state index contributed by atoms with van der Waals surface area (Å²) in [6.07, 6.45) is 1.61. The van der Waals surface area contributed by atoms with Crippen molar-refractivity contribution in [3.05, 3.63) is 29.4 Å². The van der Waals surface area contributed by atoms with Gasteiger partial charge in [0, 0.05) is 12.3 Å². The van der Waals surface area contributed by atoms with Crippen LogP contribution in [0.15, 0.2) is 18.3 Å². The first kappa shape index (κ1) is 8.04. The molecule has 0 fully saturated rings. The van der Waals surface area contributed by atoms with Crippen LogP contribution in [-0.2, 0) is 0 Å². The number of pyridine rings is 1. The number of aromatic nitrogens is 6. The topological polar surface area (TPSA) is 82.9 Å². The van der Waals surface area contributed by atoms with E-state index in [0.717, 1.165) is 0 Å². The molecular formula is C8H6N6O. The second-order valence-corrected chi connectivity index (χ2v) is 3.10. The summed E-state index contributed by atoms with van der Waals surface area (Å²) >= 11 is 0. The quantitative estimate of drug-likeness (QED) is 0.366. The average molecular weight is 202 g/mol. The summed E-state index contributed by atoms with van der Waals surface area (Å²) in [5, 5.41) is 22.8. The molecule has 15 heavy (non-hydrogen) atoms. The largest absolute Gasteiger partial charge is 0.594 e. The van der Waals surface area contributed by atoms with Crippen LogP contribution in [0.25, 0.3) is 16.9 Å². The Kier molecular flexibility index (Phi) is 1.39. The van der Waals surface area contributed by atoms with Gasteiger partial charge >= 0.3 is 5.78 Å².